The van der Waals surface area contributed by atoms with E-state index in [0.29, 0.717) is 11.3 Å². The summed E-state index contributed by atoms with van der Waals surface area (Å²) in [5.41, 5.74) is 1.59. The number of esters is 2. The number of anilines is 1. The van der Waals surface area contributed by atoms with Crippen LogP contribution in [0, 0.1) is 13.8 Å². The van der Waals surface area contributed by atoms with E-state index in [4.69, 9.17) is 18.9 Å². The third-order valence-electron chi connectivity index (χ3n) is 3.98. The van der Waals surface area contributed by atoms with Crippen molar-refractivity contribution in [1.29, 1.82) is 0 Å². The lowest BCUT2D eigenvalue weighted by molar-refractivity contribution is -0.118. The Morgan fingerprint density at radius 1 is 1.00 bits per heavy atom. The monoisotopic (exact) mass is 435 g/mol. The molecule has 0 unspecified atom stereocenters. The molecule has 0 aliphatic carbocycles. The molecule has 8 nitrogen and oxygen atoms in total. The van der Waals surface area contributed by atoms with Crippen molar-refractivity contribution in [2.45, 2.75) is 20.8 Å². The van der Waals surface area contributed by atoms with Crippen molar-refractivity contribution in [3.05, 3.63) is 45.8 Å². The molecule has 0 atom stereocenters. The first-order chi connectivity index (χ1) is 14.4. The van der Waals surface area contributed by atoms with Gasteiger partial charge in [0.2, 0.25) is 0 Å². The SMILES string of the molecule is CCOC(=O)c1c(NC(=O)COc2ccc(C)cc2)sc(C(=O)OCCOC)c1C. The van der Waals surface area contributed by atoms with Crippen LogP contribution in [0.3, 0.4) is 0 Å². The summed E-state index contributed by atoms with van der Waals surface area (Å²) < 4.78 is 20.5. The Morgan fingerprint density at radius 2 is 1.70 bits per heavy atom. The molecule has 1 amide bonds. The fourth-order valence-corrected chi connectivity index (χ4v) is 3.58. The van der Waals surface area contributed by atoms with Crippen molar-refractivity contribution in [3.63, 3.8) is 0 Å². The topological polar surface area (TPSA) is 100 Å². The van der Waals surface area contributed by atoms with Crippen LogP contribution in [-0.4, -0.2) is 51.4 Å². The van der Waals surface area contributed by atoms with Crippen molar-refractivity contribution in [2.24, 2.45) is 0 Å². The molecule has 0 fully saturated rings. The fourth-order valence-electron chi connectivity index (χ4n) is 2.47. The highest BCUT2D eigenvalue weighted by Crippen LogP contribution is 2.34. The third kappa shape index (κ3) is 6.30. The minimum absolute atomic E-state index is 0.0769. The number of ether oxygens (including phenoxy) is 4. The maximum Gasteiger partial charge on any atom is 0.348 e. The zero-order chi connectivity index (χ0) is 22.1. The molecule has 2 aromatic rings. The maximum atomic E-state index is 12.4. The molecule has 0 saturated heterocycles. The number of nitrogens with one attached hydrogen (secondary N) is 1. The standard InChI is InChI=1S/C21H25NO7S/c1-5-27-20(24)17-14(3)18(21(25)28-11-10-26-4)30-19(17)22-16(23)12-29-15-8-6-13(2)7-9-15/h6-9H,5,10-12H2,1-4H3,(H,22,23). The van der Waals surface area contributed by atoms with Gasteiger partial charge in [-0.3, -0.25) is 4.79 Å². The van der Waals surface area contributed by atoms with Crippen LogP contribution in [0.5, 0.6) is 5.75 Å². The highest BCUT2D eigenvalue weighted by atomic mass is 32.1. The molecule has 0 bridgehead atoms. The van der Waals surface area contributed by atoms with E-state index in [9.17, 15) is 14.4 Å². The van der Waals surface area contributed by atoms with Crippen LogP contribution in [-0.2, 0) is 19.0 Å². The molecule has 0 aliphatic heterocycles. The van der Waals surface area contributed by atoms with Gasteiger partial charge in [-0.25, -0.2) is 9.59 Å². The van der Waals surface area contributed by atoms with Crippen LogP contribution in [0.1, 0.15) is 38.1 Å². The molecule has 0 saturated carbocycles. The zero-order valence-corrected chi connectivity index (χ0v) is 18.2. The molecule has 1 heterocycles. The lowest BCUT2D eigenvalue weighted by atomic mass is 10.1. The summed E-state index contributed by atoms with van der Waals surface area (Å²) in [4.78, 5) is 37.3. The van der Waals surface area contributed by atoms with Crippen molar-refractivity contribution >= 4 is 34.2 Å². The van der Waals surface area contributed by atoms with E-state index >= 15 is 0 Å². The van der Waals surface area contributed by atoms with Crippen molar-refractivity contribution in [2.75, 3.05) is 38.9 Å². The second kappa shape index (κ2) is 11.3. The lowest BCUT2D eigenvalue weighted by Gasteiger charge is -2.08. The Morgan fingerprint density at radius 3 is 2.33 bits per heavy atom. The van der Waals surface area contributed by atoms with E-state index in [1.54, 1.807) is 26.0 Å². The number of thiophene rings is 1. The summed E-state index contributed by atoms with van der Waals surface area (Å²) >= 11 is 0.955. The molecule has 30 heavy (non-hydrogen) atoms. The largest absolute Gasteiger partial charge is 0.484 e. The summed E-state index contributed by atoms with van der Waals surface area (Å²) in [5.74, 6) is -1.15. The van der Waals surface area contributed by atoms with E-state index in [2.05, 4.69) is 5.32 Å². The summed E-state index contributed by atoms with van der Waals surface area (Å²) in [6.07, 6.45) is 0. The molecular formula is C21H25NO7S. The van der Waals surface area contributed by atoms with Gasteiger partial charge in [0.25, 0.3) is 5.91 Å². The summed E-state index contributed by atoms with van der Waals surface area (Å²) in [7, 11) is 1.50. The van der Waals surface area contributed by atoms with Gasteiger partial charge < -0.3 is 24.3 Å². The van der Waals surface area contributed by atoms with Gasteiger partial charge in [0.05, 0.1) is 18.8 Å². The van der Waals surface area contributed by atoms with E-state index in [0.717, 1.165) is 16.9 Å². The average Bonchev–Trinajstić information content (AvgIpc) is 3.03. The van der Waals surface area contributed by atoms with Gasteiger partial charge in [0.15, 0.2) is 6.61 Å². The van der Waals surface area contributed by atoms with Crippen LogP contribution < -0.4 is 10.1 Å². The van der Waals surface area contributed by atoms with Crippen LogP contribution in [0.15, 0.2) is 24.3 Å². The molecule has 0 aliphatic rings. The number of aryl methyl sites for hydroxylation is 1. The van der Waals surface area contributed by atoms with Crippen molar-refractivity contribution in [1.82, 2.24) is 0 Å². The van der Waals surface area contributed by atoms with Gasteiger partial charge in [-0.1, -0.05) is 17.7 Å². The number of benzene rings is 1. The first-order valence-electron chi connectivity index (χ1n) is 9.33. The summed E-state index contributed by atoms with van der Waals surface area (Å²) in [6, 6.07) is 7.26. The lowest BCUT2D eigenvalue weighted by Crippen LogP contribution is -2.21. The second-order valence-electron chi connectivity index (χ2n) is 6.26. The van der Waals surface area contributed by atoms with Gasteiger partial charge in [0.1, 0.15) is 22.2 Å². The van der Waals surface area contributed by atoms with Crippen LogP contribution in [0.2, 0.25) is 0 Å². The molecule has 162 valence electrons. The second-order valence-corrected chi connectivity index (χ2v) is 7.28. The van der Waals surface area contributed by atoms with E-state index in [1.165, 1.54) is 7.11 Å². The first-order valence-corrected chi connectivity index (χ1v) is 10.1. The smallest absolute Gasteiger partial charge is 0.348 e. The Bertz CT molecular complexity index is 890. The molecule has 1 aromatic carbocycles. The zero-order valence-electron chi connectivity index (χ0n) is 17.4. The number of carbonyl (C=O) groups is 3. The number of rotatable bonds is 10. The minimum Gasteiger partial charge on any atom is -0.484 e. The normalized spacial score (nSPS) is 10.4. The van der Waals surface area contributed by atoms with Crippen molar-refractivity contribution in [3.8, 4) is 5.75 Å². The third-order valence-corrected chi connectivity index (χ3v) is 5.16. The Balaban J connectivity index is 2.16. The number of amides is 1. The number of carbonyl (C=O) groups excluding carboxylic acids is 3. The molecular weight excluding hydrogens is 410 g/mol. The van der Waals surface area contributed by atoms with Crippen molar-refractivity contribution < 1.29 is 33.3 Å². The van der Waals surface area contributed by atoms with Gasteiger partial charge in [-0.2, -0.15) is 0 Å². The number of hydrogen-bond donors (Lipinski definition) is 1. The van der Waals surface area contributed by atoms with E-state index in [1.807, 2.05) is 19.1 Å². The highest BCUT2D eigenvalue weighted by Gasteiger charge is 2.27. The van der Waals surface area contributed by atoms with Crippen LogP contribution in [0.25, 0.3) is 0 Å². The first kappa shape index (κ1) is 23.4. The van der Waals surface area contributed by atoms with Gasteiger partial charge in [-0.15, -0.1) is 11.3 Å². The van der Waals surface area contributed by atoms with Crippen LogP contribution >= 0.6 is 11.3 Å². The van der Waals surface area contributed by atoms with Crippen LogP contribution in [0.4, 0.5) is 5.00 Å². The highest BCUT2D eigenvalue weighted by molar-refractivity contribution is 7.18. The fraction of sp³-hybridized carbons (Fsp3) is 0.381. The van der Waals surface area contributed by atoms with E-state index < -0.39 is 17.8 Å². The quantitative estimate of drug-likeness (QED) is 0.451. The number of methoxy groups -OCH3 is 1. The molecule has 0 radical (unpaired) electrons. The predicted molar refractivity (Wildman–Crippen MR) is 112 cm³/mol. The Hall–Kier alpha value is -2.91. The van der Waals surface area contributed by atoms with Gasteiger partial charge >= 0.3 is 11.9 Å². The molecule has 1 aromatic heterocycles. The van der Waals surface area contributed by atoms with Gasteiger partial charge in [0, 0.05) is 7.11 Å². The molecule has 1 N–H and O–H groups in total. The van der Waals surface area contributed by atoms with Gasteiger partial charge in [-0.05, 0) is 38.5 Å². The molecule has 0 spiro atoms. The molecule has 2 rings (SSSR count). The number of hydrogen-bond acceptors (Lipinski definition) is 8. The minimum atomic E-state index is -0.628. The summed E-state index contributed by atoms with van der Waals surface area (Å²) in [5, 5.41) is 2.85. The van der Waals surface area contributed by atoms with E-state index in [-0.39, 0.29) is 41.9 Å². The Kier molecular flexibility index (Phi) is 8.82. The molecule has 9 heteroatoms. The Labute approximate surface area is 179 Å². The average molecular weight is 435 g/mol. The summed E-state index contributed by atoms with van der Waals surface area (Å²) in [6.45, 7) is 5.46. The predicted octanol–water partition coefficient (Wildman–Crippen LogP) is 3.36. The maximum absolute atomic E-state index is 12.4.